The summed E-state index contributed by atoms with van der Waals surface area (Å²) in [5.41, 5.74) is 1.64. The van der Waals surface area contributed by atoms with E-state index in [1.165, 1.54) is 103 Å². The zero-order valence-electron chi connectivity index (χ0n) is 20.3. The van der Waals surface area contributed by atoms with Crippen LogP contribution in [0.4, 0.5) is 0 Å². The summed E-state index contributed by atoms with van der Waals surface area (Å²) in [6.07, 6.45) is 32.7. The van der Waals surface area contributed by atoms with Gasteiger partial charge in [-0.15, -0.1) is 0 Å². The fourth-order valence-electron chi connectivity index (χ4n) is 7.03. The first kappa shape index (κ1) is 23.9. The first-order valence-corrected chi connectivity index (χ1v) is 13.7. The van der Waals surface area contributed by atoms with Crippen LogP contribution in [0, 0.1) is 35.5 Å². The van der Waals surface area contributed by atoms with Gasteiger partial charge >= 0.3 is 0 Å². The van der Waals surface area contributed by atoms with Gasteiger partial charge in [-0.3, -0.25) is 0 Å². The van der Waals surface area contributed by atoms with Gasteiger partial charge in [-0.1, -0.05) is 88.3 Å². The highest BCUT2D eigenvalue weighted by atomic mass is 14.4. The Morgan fingerprint density at radius 3 is 2.30 bits per heavy atom. The third-order valence-electron chi connectivity index (χ3n) is 8.85. The summed E-state index contributed by atoms with van der Waals surface area (Å²) >= 11 is 0. The molecule has 3 saturated carbocycles. The molecular formula is C30H50. The van der Waals surface area contributed by atoms with E-state index in [0.717, 1.165) is 35.5 Å². The predicted molar refractivity (Wildman–Crippen MR) is 134 cm³/mol. The maximum Gasteiger partial charge on any atom is -0.0140 e. The third kappa shape index (κ3) is 6.86. The summed E-state index contributed by atoms with van der Waals surface area (Å²) in [5, 5.41) is 0. The Hall–Kier alpha value is -0.780. The Balaban J connectivity index is 1.54. The van der Waals surface area contributed by atoms with E-state index in [-0.39, 0.29) is 0 Å². The van der Waals surface area contributed by atoms with E-state index in [0.29, 0.717) is 0 Å². The molecule has 0 aromatic carbocycles. The van der Waals surface area contributed by atoms with E-state index in [9.17, 15) is 0 Å². The van der Waals surface area contributed by atoms with Crippen LogP contribution in [0.5, 0.6) is 0 Å². The Bertz CT molecular complexity index is 538. The van der Waals surface area contributed by atoms with Gasteiger partial charge in [0.05, 0.1) is 0 Å². The zero-order chi connectivity index (χ0) is 21.2. The second-order valence-corrected chi connectivity index (χ2v) is 10.9. The van der Waals surface area contributed by atoms with Gasteiger partial charge in [0.15, 0.2) is 0 Å². The minimum absolute atomic E-state index is 0.761. The Morgan fingerprint density at radius 2 is 1.60 bits per heavy atom. The Labute approximate surface area is 188 Å². The molecule has 0 heteroatoms. The topological polar surface area (TPSA) is 0 Å². The molecular weight excluding hydrogens is 360 g/mol. The van der Waals surface area contributed by atoms with Crippen LogP contribution in [0.2, 0.25) is 0 Å². The smallest absolute Gasteiger partial charge is 0.0140 e. The highest BCUT2D eigenvalue weighted by Crippen LogP contribution is 2.44. The molecule has 0 radical (unpaired) electrons. The van der Waals surface area contributed by atoms with Gasteiger partial charge in [-0.2, -0.15) is 0 Å². The minimum atomic E-state index is 0.761. The molecule has 0 aromatic rings. The van der Waals surface area contributed by atoms with Gasteiger partial charge < -0.3 is 0 Å². The van der Waals surface area contributed by atoms with Gasteiger partial charge in [0.25, 0.3) is 0 Å². The van der Waals surface area contributed by atoms with E-state index in [1.807, 2.05) is 0 Å². The van der Waals surface area contributed by atoms with Gasteiger partial charge in [0.2, 0.25) is 0 Å². The van der Waals surface area contributed by atoms with Crippen molar-refractivity contribution >= 4 is 0 Å². The molecule has 0 amide bonds. The largest absolute Gasteiger partial charge is 0.0993 e. The van der Waals surface area contributed by atoms with Crippen molar-refractivity contribution in [3.05, 3.63) is 36.5 Å². The molecule has 0 heterocycles. The highest BCUT2D eigenvalue weighted by molar-refractivity contribution is 5.13. The second kappa shape index (κ2) is 12.9. The van der Waals surface area contributed by atoms with Crippen molar-refractivity contribution in [2.24, 2.45) is 35.5 Å². The van der Waals surface area contributed by atoms with Crippen molar-refractivity contribution in [2.45, 2.75) is 117 Å². The summed E-state index contributed by atoms with van der Waals surface area (Å²) < 4.78 is 0. The lowest BCUT2D eigenvalue weighted by Gasteiger charge is -2.37. The molecule has 3 aliphatic carbocycles. The monoisotopic (exact) mass is 410 g/mol. The van der Waals surface area contributed by atoms with Gasteiger partial charge in [-0.25, -0.2) is 0 Å². The lowest BCUT2D eigenvalue weighted by atomic mass is 9.68. The maximum absolute atomic E-state index is 4.72. The van der Waals surface area contributed by atoms with E-state index in [4.69, 9.17) is 6.58 Å². The molecule has 3 rings (SSSR count). The SMILES string of the molecule is C=C(C1CCC(CCC)CC1)C1CCCCC1/C=C/CC(/C=C/C)C1CCCCC1. The van der Waals surface area contributed by atoms with Crippen LogP contribution in [-0.4, -0.2) is 0 Å². The molecule has 0 spiro atoms. The van der Waals surface area contributed by atoms with Gasteiger partial charge in [-0.05, 0) is 100 Å². The first-order valence-electron chi connectivity index (χ1n) is 13.7. The molecule has 3 atom stereocenters. The molecule has 3 fully saturated rings. The lowest BCUT2D eigenvalue weighted by Crippen LogP contribution is -2.26. The van der Waals surface area contributed by atoms with Crippen molar-refractivity contribution in [1.29, 1.82) is 0 Å². The molecule has 0 N–H and O–H groups in total. The fourth-order valence-corrected chi connectivity index (χ4v) is 7.03. The normalized spacial score (nSPS) is 32.6. The van der Waals surface area contributed by atoms with E-state index >= 15 is 0 Å². The quantitative estimate of drug-likeness (QED) is 0.332. The second-order valence-electron chi connectivity index (χ2n) is 10.9. The average Bonchev–Trinajstić information content (AvgIpc) is 2.80. The van der Waals surface area contributed by atoms with Crippen molar-refractivity contribution in [2.75, 3.05) is 0 Å². The first-order chi connectivity index (χ1) is 14.7. The molecule has 0 aromatic heterocycles. The average molecular weight is 411 g/mol. The van der Waals surface area contributed by atoms with E-state index < -0.39 is 0 Å². The molecule has 30 heavy (non-hydrogen) atoms. The summed E-state index contributed by atoms with van der Waals surface area (Å²) in [4.78, 5) is 0. The maximum atomic E-state index is 4.72. The van der Waals surface area contributed by atoms with Crippen LogP contribution in [-0.2, 0) is 0 Å². The summed E-state index contributed by atoms with van der Waals surface area (Å²) in [5.74, 6) is 5.04. The minimum Gasteiger partial charge on any atom is -0.0993 e. The summed E-state index contributed by atoms with van der Waals surface area (Å²) in [7, 11) is 0. The number of hydrogen-bond acceptors (Lipinski definition) is 0. The van der Waals surface area contributed by atoms with Crippen LogP contribution in [0.15, 0.2) is 36.5 Å². The van der Waals surface area contributed by atoms with Crippen molar-refractivity contribution in [3.63, 3.8) is 0 Å². The van der Waals surface area contributed by atoms with Crippen LogP contribution in [0.1, 0.15) is 117 Å². The van der Waals surface area contributed by atoms with Crippen LogP contribution in [0.25, 0.3) is 0 Å². The number of rotatable bonds is 9. The summed E-state index contributed by atoms with van der Waals surface area (Å²) in [6.45, 7) is 9.27. The summed E-state index contributed by atoms with van der Waals surface area (Å²) in [6, 6.07) is 0. The third-order valence-corrected chi connectivity index (χ3v) is 8.85. The molecule has 0 bridgehead atoms. The van der Waals surface area contributed by atoms with E-state index in [2.05, 4.69) is 38.2 Å². The van der Waals surface area contributed by atoms with Gasteiger partial charge in [0, 0.05) is 0 Å². The molecule has 3 aliphatic rings. The zero-order valence-corrected chi connectivity index (χ0v) is 20.3. The number of hydrogen-bond donors (Lipinski definition) is 0. The van der Waals surface area contributed by atoms with Crippen molar-refractivity contribution in [1.82, 2.24) is 0 Å². The fraction of sp³-hybridized carbons (Fsp3) is 0.800. The van der Waals surface area contributed by atoms with E-state index in [1.54, 1.807) is 5.57 Å². The molecule has 0 nitrogen and oxygen atoms in total. The molecule has 170 valence electrons. The van der Waals surface area contributed by atoms with Crippen LogP contribution in [0.3, 0.4) is 0 Å². The molecule has 0 aliphatic heterocycles. The van der Waals surface area contributed by atoms with Gasteiger partial charge in [0.1, 0.15) is 0 Å². The molecule has 3 unspecified atom stereocenters. The van der Waals surface area contributed by atoms with Crippen LogP contribution >= 0.6 is 0 Å². The van der Waals surface area contributed by atoms with Crippen molar-refractivity contribution in [3.8, 4) is 0 Å². The predicted octanol–water partition coefficient (Wildman–Crippen LogP) is 9.67. The lowest BCUT2D eigenvalue weighted by molar-refractivity contribution is 0.244. The standard InChI is InChI=1S/C30H50/c1-4-12-25-20-22-26(23-21-25)24(3)30-19-10-9-16-29(30)18-11-17-27(13-5-2)28-14-7-6-8-15-28/h5,11,13,18,25-30H,3-4,6-10,12,14-17,19-23H2,1-2H3/b13-5+,18-11+. The van der Waals surface area contributed by atoms with Crippen molar-refractivity contribution < 1.29 is 0 Å². The highest BCUT2D eigenvalue weighted by Gasteiger charge is 2.31. The Kier molecular flexibility index (Phi) is 10.3. The number of allylic oxidation sites excluding steroid dienone is 5. The van der Waals surface area contributed by atoms with Crippen LogP contribution < -0.4 is 0 Å². The Morgan fingerprint density at radius 1 is 0.900 bits per heavy atom. The molecule has 0 saturated heterocycles.